The second-order valence-corrected chi connectivity index (χ2v) is 6.00. The Bertz CT molecular complexity index is 600. The van der Waals surface area contributed by atoms with Crippen LogP contribution in [0.3, 0.4) is 0 Å². The highest BCUT2D eigenvalue weighted by Crippen LogP contribution is 2.20. The summed E-state index contributed by atoms with van der Waals surface area (Å²) in [5.74, 6) is 0.994. The summed E-state index contributed by atoms with van der Waals surface area (Å²) in [6.07, 6.45) is 1.67. The molecule has 21 heavy (non-hydrogen) atoms. The first kappa shape index (κ1) is 15.9. The number of benzene rings is 1. The molecule has 0 saturated carbocycles. The maximum Gasteiger partial charge on any atom is 0.228 e. The van der Waals surface area contributed by atoms with Crippen LogP contribution in [0.25, 0.3) is 0 Å². The third-order valence-electron chi connectivity index (χ3n) is 3.10. The van der Waals surface area contributed by atoms with Crippen molar-refractivity contribution in [2.24, 2.45) is 11.7 Å². The van der Waals surface area contributed by atoms with Crippen LogP contribution in [0.15, 0.2) is 22.7 Å². The molecular weight excluding hydrogens is 293 g/mol. The quantitative estimate of drug-likeness (QED) is 0.888. The van der Waals surface area contributed by atoms with E-state index in [1.54, 1.807) is 12.1 Å². The SMILES string of the molecule is CC(C)CC(N)Cc1nc(Cc2cccc(Cl)c2F)no1. The first-order valence-corrected chi connectivity index (χ1v) is 7.33. The van der Waals surface area contributed by atoms with E-state index in [-0.39, 0.29) is 17.5 Å². The molecule has 1 aromatic carbocycles. The lowest BCUT2D eigenvalue weighted by molar-refractivity contribution is 0.355. The van der Waals surface area contributed by atoms with Crippen molar-refractivity contribution < 1.29 is 8.91 Å². The van der Waals surface area contributed by atoms with Crippen LogP contribution >= 0.6 is 11.6 Å². The summed E-state index contributed by atoms with van der Waals surface area (Å²) in [5, 5.41) is 3.96. The van der Waals surface area contributed by atoms with E-state index in [1.807, 2.05) is 0 Å². The molecular formula is C15H19ClFN3O. The van der Waals surface area contributed by atoms with Gasteiger partial charge in [-0.3, -0.25) is 0 Å². The van der Waals surface area contributed by atoms with Crippen molar-refractivity contribution in [3.05, 3.63) is 46.3 Å². The number of aromatic nitrogens is 2. The second kappa shape index (κ2) is 7.00. The maximum absolute atomic E-state index is 13.8. The smallest absolute Gasteiger partial charge is 0.228 e. The van der Waals surface area contributed by atoms with E-state index in [0.717, 1.165) is 6.42 Å². The summed E-state index contributed by atoms with van der Waals surface area (Å²) in [7, 11) is 0. The molecule has 2 N–H and O–H groups in total. The number of rotatable bonds is 6. The van der Waals surface area contributed by atoms with Gasteiger partial charge in [-0.25, -0.2) is 4.39 Å². The van der Waals surface area contributed by atoms with Crippen LogP contribution in [0.5, 0.6) is 0 Å². The van der Waals surface area contributed by atoms with Crippen molar-refractivity contribution in [3.8, 4) is 0 Å². The predicted molar refractivity (Wildman–Crippen MR) is 79.6 cm³/mol. The summed E-state index contributed by atoms with van der Waals surface area (Å²) in [6, 6.07) is 4.84. The third-order valence-corrected chi connectivity index (χ3v) is 3.39. The van der Waals surface area contributed by atoms with Gasteiger partial charge in [-0.15, -0.1) is 0 Å². The van der Waals surface area contributed by atoms with Gasteiger partial charge >= 0.3 is 0 Å². The summed E-state index contributed by atoms with van der Waals surface area (Å²) in [4.78, 5) is 4.26. The molecule has 2 aromatic rings. The fourth-order valence-corrected chi connectivity index (χ4v) is 2.41. The largest absolute Gasteiger partial charge is 0.339 e. The summed E-state index contributed by atoms with van der Waals surface area (Å²) in [5.41, 5.74) is 6.45. The molecule has 0 bridgehead atoms. The lowest BCUT2D eigenvalue weighted by Gasteiger charge is -2.10. The second-order valence-electron chi connectivity index (χ2n) is 5.59. The molecule has 0 spiro atoms. The van der Waals surface area contributed by atoms with Crippen molar-refractivity contribution in [1.29, 1.82) is 0 Å². The van der Waals surface area contributed by atoms with E-state index < -0.39 is 5.82 Å². The van der Waals surface area contributed by atoms with Crippen LogP contribution in [0.4, 0.5) is 4.39 Å². The van der Waals surface area contributed by atoms with Crippen molar-refractivity contribution in [1.82, 2.24) is 10.1 Å². The van der Waals surface area contributed by atoms with Gasteiger partial charge in [-0.1, -0.05) is 42.7 Å². The minimum Gasteiger partial charge on any atom is -0.339 e. The summed E-state index contributed by atoms with van der Waals surface area (Å²) >= 11 is 5.75. The Hall–Kier alpha value is -1.46. The van der Waals surface area contributed by atoms with Crippen LogP contribution in [0.2, 0.25) is 5.02 Å². The van der Waals surface area contributed by atoms with E-state index in [2.05, 4.69) is 24.0 Å². The minimum absolute atomic E-state index is 0.0128. The number of nitrogens with zero attached hydrogens (tertiary/aromatic N) is 2. The minimum atomic E-state index is -0.443. The first-order valence-electron chi connectivity index (χ1n) is 6.95. The van der Waals surface area contributed by atoms with Gasteiger partial charge in [0.1, 0.15) is 5.82 Å². The molecule has 1 aromatic heterocycles. The Morgan fingerprint density at radius 3 is 2.86 bits per heavy atom. The van der Waals surface area contributed by atoms with Crippen molar-refractivity contribution in [3.63, 3.8) is 0 Å². The highest BCUT2D eigenvalue weighted by molar-refractivity contribution is 6.30. The lowest BCUT2D eigenvalue weighted by atomic mass is 10.0. The summed E-state index contributed by atoms with van der Waals surface area (Å²) < 4.78 is 19.0. The standard InChI is InChI=1S/C15H19ClFN3O/c1-9(2)6-11(18)8-14-19-13(20-21-14)7-10-4-3-5-12(16)15(10)17/h3-5,9,11H,6-8,18H2,1-2H3. The Morgan fingerprint density at radius 1 is 1.38 bits per heavy atom. The van der Waals surface area contributed by atoms with Gasteiger partial charge in [0.2, 0.25) is 5.89 Å². The molecule has 0 radical (unpaired) electrons. The lowest BCUT2D eigenvalue weighted by Crippen LogP contribution is -2.24. The molecule has 114 valence electrons. The van der Waals surface area contributed by atoms with Gasteiger partial charge in [0.15, 0.2) is 5.82 Å². The Morgan fingerprint density at radius 2 is 2.14 bits per heavy atom. The van der Waals surface area contributed by atoms with Gasteiger partial charge in [-0.05, 0) is 24.0 Å². The van der Waals surface area contributed by atoms with E-state index in [9.17, 15) is 4.39 Å². The number of nitrogens with two attached hydrogens (primary N) is 1. The highest BCUT2D eigenvalue weighted by Gasteiger charge is 2.14. The molecule has 0 aliphatic carbocycles. The fraction of sp³-hybridized carbons (Fsp3) is 0.467. The third kappa shape index (κ3) is 4.51. The van der Waals surface area contributed by atoms with E-state index in [0.29, 0.717) is 29.6 Å². The molecule has 2 rings (SSSR count). The zero-order chi connectivity index (χ0) is 15.4. The molecule has 0 aliphatic heterocycles. The van der Waals surface area contributed by atoms with E-state index in [4.69, 9.17) is 21.9 Å². The molecule has 0 saturated heterocycles. The number of hydrogen-bond donors (Lipinski definition) is 1. The molecule has 1 unspecified atom stereocenters. The van der Waals surface area contributed by atoms with Gasteiger partial charge < -0.3 is 10.3 Å². The number of hydrogen-bond acceptors (Lipinski definition) is 4. The molecule has 4 nitrogen and oxygen atoms in total. The predicted octanol–water partition coefficient (Wildman–Crippen LogP) is 3.37. The Balaban J connectivity index is 2.01. The van der Waals surface area contributed by atoms with Gasteiger partial charge in [0.05, 0.1) is 5.02 Å². The normalized spacial score (nSPS) is 12.9. The van der Waals surface area contributed by atoms with E-state index >= 15 is 0 Å². The van der Waals surface area contributed by atoms with Gasteiger partial charge in [0, 0.05) is 18.9 Å². The van der Waals surface area contributed by atoms with Gasteiger partial charge in [0.25, 0.3) is 0 Å². The van der Waals surface area contributed by atoms with Crippen LogP contribution in [0, 0.1) is 11.7 Å². The average molecular weight is 312 g/mol. The van der Waals surface area contributed by atoms with E-state index in [1.165, 1.54) is 6.07 Å². The number of halogens is 2. The molecule has 1 heterocycles. The van der Waals surface area contributed by atoms with Crippen LogP contribution in [0.1, 0.15) is 37.5 Å². The highest BCUT2D eigenvalue weighted by atomic mass is 35.5. The Labute approximate surface area is 128 Å². The molecule has 0 aliphatic rings. The maximum atomic E-state index is 13.8. The topological polar surface area (TPSA) is 64.9 Å². The monoisotopic (exact) mass is 311 g/mol. The zero-order valence-electron chi connectivity index (χ0n) is 12.1. The van der Waals surface area contributed by atoms with Crippen molar-refractivity contribution in [2.45, 2.75) is 39.2 Å². The van der Waals surface area contributed by atoms with Crippen molar-refractivity contribution in [2.75, 3.05) is 0 Å². The van der Waals surface area contributed by atoms with Gasteiger partial charge in [-0.2, -0.15) is 4.98 Å². The van der Waals surface area contributed by atoms with Crippen LogP contribution in [-0.2, 0) is 12.8 Å². The first-order chi connectivity index (χ1) is 9.95. The molecule has 6 heteroatoms. The fourth-order valence-electron chi connectivity index (χ4n) is 2.21. The molecule has 0 fully saturated rings. The Kier molecular flexibility index (Phi) is 5.31. The molecule has 1 atom stereocenters. The van der Waals surface area contributed by atoms with Crippen LogP contribution < -0.4 is 5.73 Å². The zero-order valence-corrected chi connectivity index (χ0v) is 12.9. The van der Waals surface area contributed by atoms with Crippen molar-refractivity contribution >= 4 is 11.6 Å². The molecule has 0 amide bonds. The average Bonchev–Trinajstić information content (AvgIpc) is 2.81. The van der Waals surface area contributed by atoms with Crippen LogP contribution in [-0.4, -0.2) is 16.2 Å². The summed E-state index contributed by atoms with van der Waals surface area (Å²) in [6.45, 7) is 4.22.